The quantitative estimate of drug-likeness (QED) is 0.289. The van der Waals surface area contributed by atoms with E-state index >= 15 is 0 Å². The summed E-state index contributed by atoms with van der Waals surface area (Å²) in [5.74, 6) is 0.259. The summed E-state index contributed by atoms with van der Waals surface area (Å²) in [6, 6.07) is 25.2. The van der Waals surface area contributed by atoms with E-state index in [2.05, 4.69) is 32.5 Å². The molecule has 0 unspecified atom stereocenters. The lowest BCUT2D eigenvalue weighted by Crippen LogP contribution is -2.24. The second-order valence-electron chi connectivity index (χ2n) is 7.12. The first-order valence-corrected chi connectivity index (χ1v) is 10.8. The Labute approximate surface area is 194 Å². The number of benzene rings is 3. The van der Waals surface area contributed by atoms with Gasteiger partial charge >= 0.3 is 0 Å². The highest BCUT2D eigenvalue weighted by molar-refractivity contribution is 9.10. The van der Waals surface area contributed by atoms with E-state index in [1.165, 1.54) is 0 Å². The molecule has 0 spiro atoms. The SMILES string of the molecule is Cc1cccc(-c2nn(-c3ccccc3)cc2C=NNC(=O)COc2ccc(Br)cc2)c1. The van der Waals surface area contributed by atoms with Crippen LogP contribution < -0.4 is 10.2 Å². The number of hydrogen-bond donors (Lipinski definition) is 1. The number of hydrazone groups is 1. The highest BCUT2D eigenvalue weighted by Crippen LogP contribution is 2.23. The fourth-order valence-corrected chi connectivity index (χ4v) is 3.36. The molecule has 0 bridgehead atoms. The van der Waals surface area contributed by atoms with E-state index in [4.69, 9.17) is 9.84 Å². The number of nitrogens with zero attached hydrogens (tertiary/aromatic N) is 3. The van der Waals surface area contributed by atoms with Crippen LogP contribution in [0.2, 0.25) is 0 Å². The molecule has 0 atom stereocenters. The van der Waals surface area contributed by atoms with E-state index in [9.17, 15) is 4.79 Å². The first-order chi connectivity index (χ1) is 15.6. The molecular formula is C25H21BrN4O2. The third-order valence-corrected chi connectivity index (χ3v) is 5.16. The van der Waals surface area contributed by atoms with Gasteiger partial charge in [0.1, 0.15) is 11.4 Å². The molecule has 0 aliphatic rings. The van der Waals surface area contributed by atoms with Gasteiger partial charge in [-0.2, -0.15) is 10.2 Å². The summed E-state index contributed by atoms with van der Waals surface area (Å²) in [6.45, 7) is 1.91. The van der Waals surface area contributed by atoms with Crippen LogP contribution in [0.5, 0.6) is 5.75 Å². The van der Waals surface area contributed by atoms with Crippen LogP contribution in [0.4, 0.5) is 0 Å². The van der Waals surface area contributed by atoms with Gasteiger partial charge in [0, 0.05) is 21.8 Å². The zero-order valence-electron chi connectivity index (χ0n) is 17.4. The highest BCUT2D eigenvalue weighted by Gasteiger charge is 2.11. The lowest BCUT2D eigenvalue weighted by molar-refractivity contribution is -0.123. The molecule has 0 radical (unpaired) electrons. The number of carbonyl (C=O) groups excluding carboxylic acids is 1. The Morgan fingerprint density at radius 2 is 1.88 bits per heavy atom. The molecule has 1 heterocycles. The minimum absolute atomic E-state index is 0.132. The van der Waals surface area contributed by atoms with E-state index in [0.29, 0.717) is 5.75 Å². The molecule has 32 heavy (non-hydrogen) atoms. The minimum atomic E-state index is -0.350. The Bertz CT molecular complexity index is 1230. The molecule has 0 fully saturated rings. The Morgan fingerprint density at radius 1 is 1.09 bits per heavy atom. The largest absolute Gasteiger partial charge is 0.484 e. The van der Waals surface area contributed by atoms with E-state index < -0.39 is 0 Å². The molecule has 6 nitrogen and oxygen atoms in total. The molecule has 0 aliphatic carbocycles. The topological polar surface area (TPSA) is 68.5 Å². The van der Waals surface area contributed by atoms with Gasteiger partial charge in [0.05, 0.1) is 11.9 Å². The van der Waals surface area contributed by atoms with E-state index in [1.54, 1.807) is 23.0 Å². The number of halogens is 1. The molecule has 1 N–H and O–H groups in total. The third kappa shape index (κ3) is 5.50. The number of nitrogens with one attached hydrogen (secondary N) is 1. The van der Waals surface area contributed by atoms with Gasteiger partial charge in [0.15, 0.2) is 6.61 Å². The predicted molar refractivity (Wildman–Crippen MR) is 129 cm³/mol. The summed E-state index contributed by atoms with van der Waals surface area (Å²) in [7, 11) is 0. The van der Waals surface area contributed by atoms with E-state index in [-0.39, 0.29) is 12.5 Å². The normalized spacial score (nSPS) is 10.9. The molecule has 0 saturated heterocycles. The number of para-hydroxylation sites is 1. The second kappa shape index (κ2) is 10.1. The van der Waals surface area contributed by atoms with Crippen LogP contribution in [0.1, 0.15) is 11.1 Å². The summed E-state index contributed by atoms with van der Waals surface area (Å²) in [4.78, 5) is 12.1. The van der Waals surface area contributed by atoms with Gasteiger partial charge in [-0.05, 0) is 49.4 Å². The second-order valence-corrected chi connectivity index (χ2v) is 8.03. The maximum Gasteiger partial charge on any atom is 0.277 e. The molecule has 160 valence electrons. The van der Waals surface area contributed by atoms with Gasteiger partial charge in [-0.25, -0.2) is 10.1 Å². The lowest BCUT2D eigenvalue weighted by atomic mass is 10.1. The van der Waals surface area contributed by atoms with Crippen LogP contribution in [0.15, 0.2) is 94.6 Å². The van der Waals surface area contributed by atoms with Crippen molar-refractivity contribution in [1.29, 1.82) is 0 Å². The minimum Gasteiger partial charge on any atom is -0.484 e. The first-order valence-electron chi connectivity index (χ1n) is 10.0. The van der Waals surface area contributed by atoms with Crippen LogP contribution in [0.3, 0.4) is 0 Å². The fraction of sp³-hybridized carbons (Fsp3) is 0.0800. The van der Waals surface area contributed by atoms with Gasteiger partial charge in [-0.1, -0.05) is 57.9 Å². The van der Waals surface area contributed by atoms with E-state index in [0.717, 1.165) is 32.5 Å². The lowest BCUT2D eigenvalue weighted by Gasteiger charge is -2.04. The number of aryl methyl sites for hydroxylation is 1. The molecular weight excluding hydrogens is 468 g/mol. The Balaban J connectivity index is 1.50. The maximum absolute atomic E-state index is 12.1. The van der Waals surface area contributed by atoms with Crippen molar-refractivity contribution in [2.45, 2.75) is 6.92 Å². The van der Waals surface area contributed by atoms with Crippen LogP contribution >= 0.6 is 15.9 Å². The number of ether oxygens (including phenoxy) is 1. The van der Waals surface area contributed by atoms with Crippen molar-refractivity contribution in [2.24, 2.45) is 5.10 Å². The number of rotatable bonds is 7. The zero-order valence-corrected chi connectivity index (χ0v) is 19.0. The first kappa shape index (κ1) is 21.5. The van der Waals surface area contributed by atoms with Crippen molar-refractivity contribution < 1.29 is 9.53 Å². The summed E-state index contributed by atoms with van der Waals surface area (Å²) in [5, 5.41) is 8.87. The molecule has 4 aromatic rings. The van der Waals surface area contributed by atoms with Gasteiger partial charge in [0.25, 0.3) is 5.91 Å². The van der Waals surface area contributed by atoms with Gasteiger partial charge < -0.3 is 4.74 Å². The monoisotopic (exact) mass is 488 g/mol. The number of carbonyl (C=O) groups is 1. The smallest absolute Gasteiger partial charge is 0.277 e. The third-order valence-electron chi connectivity index (χ3n) is 4.63. The molecule has 7 heteroatoms. The molecule has 3 aromatic carbocycles. The average Bonchev–Trinajstić information content (AvgIpc) is 3.23. The molecule has 1 amide bonds. The maximum atomic E-state index is 12.1. The number of hydrogen-bond acceptors (Lipinski definition) is 4. The predicted octanol–water partition coefficient (Wildman–Crippen LogP) is 5.14. The molecule has 0 aliphatic heterocycles. The Morgan fingerprint density at radius 3 is 2.62 bits per heavy atom. The van der Waals surface area contributed by atoms with E-state index in [1.807, 2.05) is 73.8 Å². The summed E-state index contributed by atoms with van der Waals surface area (Å²) in [5.41, 5.74) is 7.13. The Hall–Kier alpha value is -3.71. The van der Waals surface area contributed by atoms with Crippen LogP contribution in [0.25, 0.3) is 16.9 Å². The van der Waals surface area contributed by atoms with Gasteiger partial charge in [-0.3, -0.25) is 4.79 Å². The van der Waals surface area contributed by atoms with Crippen molar-refractivity contribution in [3.8, 4) is 22.7 Å². The number of amides is 1. The van der Waals surface area contributed by atoms with Crippen LogP contribution in [0, 0.1) is 6.92 Å². The van der Waals surface area contributed by atoms with Gasteiger partial charge in [0.2, 0.25) is 0 Å². The molecule has 1 aromatic heterocycles. The van der Waals surface area contributed by atoms with Crippen molar-refractivity contribution in [1.82, 2.24) is 15.2 Å². The number of aromatic nitrogens is 2. The van der Waals surface area contributed by atoms with Gasteiger partial charge in [-0.15, -0.1) is 0 Å². The zero-order chi connectivity index (χ0) is 22.3. The average molecular weight is 489 g/mol. The van der Waals surface area contributed by atoms with Crippen molar-refractivity contribution in [3.05, 3.63) is 101 Å². The standard InChI is InChI=1S/C25H21BrN4O2/c1-18-6-5-7-19(14-18)25-20(16-30(29-25)22-8-3-2-4-9-22)15-27-28-24(31)17-32-23-12-10-21(26)11-13-23/h2-16H,17H2,1H3,(H,28,31). The van der Waals surface area contributed by atoms with Crippen molar-refractivity contribution in [3.63, 3.8) is 0 Å². The van der Waals surface area contributed by atoms with Crippen molar-refractivity contribution in [2.75, 3.05) is 6.61 Å². The van der Waals surface area contributed by atoms with Crippen LogP contribution in [-0.4, -0.2) is 28.5 Å². The summed E-state index contributed by atoms with van der Waals surface area (Å²) in [6.07, 6.45) is 3.49. The molecule has 0 saturated carbocycles. The summed E-state index contributed by atoms with van der Waals surface area (Å²) < 4.78 is 8.22. The fourth-order valence-electron chi connectivity index (χ4n) is 3.10. The van der Waals surface area contributed by atoms with Crippen LogP contribution in [-0.2, 0) is 4.79 Å². The van der Waals surface area contributed by atoms with Crippen molar-refractivity contribution >= 4 is 28.1 Å². The summed E-state index contributed by atoms with van der Waals surface area (Å²) >= 11 is 3.36. The molecule has 4 rings (SSSR count). The Kier molecular flexibility index (Phi) is 6.77. The highest BCUT2D eigenvalue weighted by atomic mass is 79.9.